The molecule has 3 heteroatoms. The molecule has 0 heterocycles. The minimum absolute atomic E-state index is 0.0331. The molecule has 0 fully saturated rings. The second-order valence-corrected chi connectivity index (χ2v) is 5.28. The summed E-state index contributed by atoms with van der Waals surface area (Å²) < 4.78 is 0. The van der Waals surface area contributed by atoms with Gasteiger partial charge in [0, 0.05) is 11.4 Å². The fourth-order valence-electron chi connectivity index (χ4n) is 1.27. The van der Waals surface area contributed by atoms with Gasteiger partial charge in [0.25, 0.3) is 0 Å². The Morgan fingerprint density at radius 2 is 2.00 bits per heavy atom. The maximum Gasteiger partial charge on any atom is 0.233 e. The van der Waals surface area contributed by atoms with E-state index in [4.69, 9.17) is 0 Å². The number of hydrogen-bond donors (Lipinski definition) is 1. The van der Waals surface area contributed by atoms with Gasteiger partial charge in [0.15, 0.2) is 0 Å². The smallest absolute Gasteiger partial charge is 0.233 e. The highest BCUT2D eigenvalue weighted by atomic mass is 32.2. The van der Waals surface area contributed by atoms with Crippen molar-refractivity contribution >= 4 is 17.7 Å². The van der Waals surface area contributed by atoms with Crippen molar-refractivity contribution in [1.82, 2.24) is 5.32 Å². The minimum atomic E-state index is -0.0331. The first kappa shape index (κ1) is 13.1. The zero-order valence-electron chi connectivity index (χ0n) is 10.1. The Hall–Kier alpha value is -0.960. The van der Waals surface area contributed by atoms with E-state index in [1.807, 2.05) is 6.92 Å². The van der Waals surface area contributed by atoms with E-state index >= 15 is 0 Å². The number of rotatable bonds is 5. The molecule has 2 nitrogen and oxygen atoms in total. The van der Waals surface area contributed by atoms with Crippen LogP contribution in [0.25, 0.3) is 0 Å². The molecule has 0 unspecified atom stereocenters. The van der Waals surface area contributed by atoms with Gasteiger partial charge in [-0.15, -0.1) is 11.8 Å². The molecule has 0 aromatic heterocycles. The Balaban J connectivity index is 2.47. The summed E-state index contributed by atoms with van der Waals surface area (Å²) in [7, 11) is 0. The predicted molar refractivity (Wildman–Crippen MR) is 69.8 cm³/mol. The fraction of sp³-hybridized carbons (Fsp3) is 0.462. The van der Waals surface area contributed by atoms with Crippen LogP contribution in [0.15, 0.2) is 29.2 Å². The van der Waals surface area contributed by atoms with E-state index in [2.05, 4.69) is 43.4 Å². The third-order valence-corrected chi connectivity index (χ3v) is 3.36. The monoisotopic (exact) mass is 237 g/mol. The van der Waals surface area contributed by atoms with Crippen LogP contribution in [0.5, 0.6) is 0 Å². The molecule has 1 N–H and O–H groups in total. The van der Waals surface area contributed by atoms with Crippen molar-refractivity contribution in [1.29, 1.82) is 0 Å². The summed E-state index contributed by atoms with van der Waals surface area (Å²) in [5.74, 6) is 0.118. The van der Waals surface area contributed by atoms with Gasteiger partial charge >= 0.3 is 0 Å². The van der Waals surface area contributed by atoms with Crippen molar-refractivity contribution in [3.05, 3.63) is 29.8 Å². The van der Waals surface area contributed by atoms with E-state index in [0.29, 0.717) is 0 Å². The van der Waals surface area contributed by atoms with Crippen LogP contribution < -0.4 is 5.32 Å². The number of benzene rings is 1. The molecule has 1 rings (SSSR count). The Morgan fingerprint density at radius 1 is 1.38 bits per heavy atom. The average molecular weight is 237 g/mol. The first-order chi connectivity index (χ1) is 7.63. The molecule has 88 valence electrons. The Labute approximate surface area is 102 Å². The maximum atomic E-state index is 11.6. The minimum Gasteiger partial charge on any atom is -0.355 e. The van der Waals surface area contributed by atoms with Crippen molar-refractivity contribution in [2.75, 3.05) is 6.54 Å². The van der Waals surface area contributed by atoms with Crippen LogP contribution in [0.3, 0.4) is 0 Å². The van der Waals surface area contributed by atoms with Crippen molar-refractivity contribution in [3.8, 4) is 0 Å². The molecule has 1 aromatic rings. The first-order valence-corrected chi connectivity index (χ1v) is 6.52. The second-order valence-electron chi connectivity index (χ2n) is 3.86. The molecule has 0 bridgehead atoms. The van der Waals surface area contributed by atoms with E-state index in [1.54, 1.807) is 11.8 Å². The predicted octanol–water partition coefficient (Wildman–Crippen LogP) is 3.00. The lowest BCUT2D eigenvalue weighted by Crippen LogP contribution is -2.31. The lowest BCUT2D eigenvalue weighted by molar-refractivity contribution is -0.120. The Bertz CT molecular complexity index is 334. The first-order valence-electron chi connectivity index (χ1n) is 5.64. The lowest BCUT2D eigenvalue weighted by Gasteiger charge is -2.11. The summed E-state index contributed by atoms with van der Waals surface area (Å²) in [5.41, 5.74) is 1.24. The number of carbonyl (C=O) groups is 1. The van der Waals surface area contributed by atoms with Gasteiger partial charge < -0.3 is 5.32 Å². The number of carbonyl (C=O) groups excluding carboxylic acids is 1. The molecule has 16 heavy (non-hydrogen) atoms. The van der Waals surface area contributed by atoms with Crippen LogP contribution in [-0.2, 0) is 4.79 Å². The quantitative estimate of drug-likeness (QED) is 0.798. The highest BCUT2D eigenvalue weighted by Gasteiger charge is 2.12. The molecule has 0 aliphatic carbocycles. The van der Waals surface area contributed by atoms with E-state index in [1.165, 1.54) is 5.56 Å². The highest BCUT2D eigenvalue weighted by Crippen LogP contribution is 2.23. The number of hydrogen-bond acceptors (Lipinski definition) is 2. The van der Waals surface area contributed by atoms with Gasteiger partial charge in [-0.1, -0.05) is 24.6 Å². The van der Waals surface area contributed by atoms with Gasteiger partial charge in [-0.25, -0.2) is 0 Å². The molecule has 0 saturated heterocycles. The molecular weight excluding hydrogens is 218 g/mol. The topological polar surface area (TPSA) is 29.1 Å². The Morgan fingerprint density at radius 3 is 2.56 bits per heavy atom. The van der Waals surface area contributed by atoms with Gasteiger partial charge in [-0.3, -0.25) is 4.79 Å². The van der Waals surface area contributed by atoms with Crippen LogP contribution in [-0.4, -0.2) is 17.7 Å². The zero-order chi connectivity index (χ0) is 12.0. The van der Waals surface area contributed by atoms with Crippen LogP contribution in [0, 0.1) is 6.92 Å². The number of amides is 1. The summed E-state index contributed by atoms with van der Waals surface area (Å²) in [6.07, 6.45) is 0.980. The van der Waals surface area contributed by atoms with E-state index in [9.17, 15) is 4.79 Å². The summed E-state index contributed by atoms with van der Waals surface area (Å²) in [6.45, 7) is 6.82. The molecule has 0 spiro atoms. The van der Waals surface area contributed by atoms with Gasteiger partial charge in [0.2, 0.25) is 5.91 Å². The van der Waals surface area contributed by atoms with Crippen molar-refractivity contribution in [3.63, 3.8) is 0 Å². The lowest BCUT2D eigenvalue weighted by atomic mass is 10.2. The van der Waals surface area contributed by atoms with Gasteiger partial charge in [-0.2, -0.15) is 0 Å². The van der Waals surface area contributed by atoms with Crippen LogP contribution in [0.1, 0.15) is 25.8 Å². The van der Waals surface area contributed by atoms with Crippen LogP contribution in [0.2, 0.25) is 0 Å². The van der Waals surface area contributed by atoms with Crippen molar-refractivity contribution < 1.29 is 4.79 Å². The van der Waals surface area contributed by atoms with E-state index < -0.39 is 0 Å². The third kappa shape index (κ3) is 4.27. The van der Waals surface area contributed by atoms with Gasteiger partial charge in [-0.05, 0) is 32.4 Å². The fourth-order valence-corrected chi connectivity index (χ4v) is 2.16. The summed E-state index contributed by atoms with van der Waals surface area (Å²) in [4.78, 5) is 12.8. The summed E-state index contributed by atoms with van der Waals surface area (Å²) in [5, 5.41) is 2.87. The second kappa shape index (κ2) is 6.59. The molecule has 1 aromatic carbocycles. The molecule has 0 aliphatic rings. The van der Waals surface area contributed by atoms with E-state index in [-0.39, 0.29) is 11.2 Å². The maximum absolute atomic E-state index is 11.6. The van der Waals surface area contributed by atoms with Crippen LogP contribution >= 0.6 is 11.8 Å². The summed E-state index contributed by atoms with van der Waals surface area (Å²) >= 11 is 1.60. The molecule has 0 aliphatic heterocycles. The van der Waals surface area contributed by atoms with E-state index in [0.717, 1.165) is 17.9 Å². The molecule has 0 saturated carbocycles. The molecule has 0 radical (unpaired) electrons. The standard InChI is InChI=1S/C13H19NOS/c1-4-9-14-13(15)11(3)16-12-7-5-10(2)6-8-12/h5-8,11H,4,9H2,1-3H3,(H,14,15)/t11-/m0/s1. The summed E-state index contributed by atoms with van der Waals surface area (Å²) in [6, 6.07) is 8.26. The molecule has 1 atom stereocenters. The van der Waals surface area contributed by atoms with Crippen molar-refractivity contribution in [2.45, 2.75) is 37.3 Å². The number of thioether (sulfide) groups is 1. The SMILES string of the molecule is CCCNC(=O)[C@H](C)Sc1ccc(C)cc1. The number of aryl methyl sites for hydroxylation is 1. The van der Waals surface area contributed by atoms with Crippen LogP contribution in [0.4, 0.5) is 0 Å². The Kier molecular flexibility index (Phi) is 5.39. The highest BCUT2D eigenvalue weighted by molar-refractivity contribution is 8.00. The third-order valence-electron chi connectivity index (χ3n) is 2.25. The number of nitrogens with one attached hydrogen (secondary N) is 1. The molecular formula is C13H19NOS. The zero-order valence-corrected chi connectivity index (χ0v) is 10.9. The average Bonchev–Trinajstić information content (AvgIpc) is 2.29. The van der Waals surface area contributed by atoms with Crippen molar-refractivity contribution in [2.24, 2.45) is 0 Å². The largest absolute Gasteiger partial charge is 0.355 e. The normalized spacial score (nSPS) is 12.2. The van der Waals surface area contributed by atoms with Gasteiger partial charge in [0.1, 0.15) is 0 Å². The molecule has 1 amide bonds. The van der Waals surface area contributed by atoms with Gasteiger partial charge in [0.05, 0.1) is 5.25 Å².